The van der Waals surface area contributed by atoms with Gasteiger partial charge in [0, 0.05) is 10.7 Å². The summed E-state index contributed by atoms with van der Waals surface area (Å²) in [5.41, 5.74) is -0.553. The highest BCUT2D eigenvalue weighted by atomic mass is 79.9. The smallest absolute Gasteiger partial charge is 0.413 e. The minimum atomic E-state index is -0.583. The lowest BCUT2D eigenvalue weighted by molar-refractivity contribution is 0.0635. The van der Waals surface area contributed by atoms with Crippen molar-refractivity contribution in [1.82, 2.24) is 4.98 Å². The molecule has 1 aromatic heterocycles. The van der Waals surface area contributed by atoms with Crippen molar-refractivity contribution in [2.45, 2.75) is 26.4 Å². The summed E-state index contributed by atoms with van der Waals surface area (Å²) in [5, 5.41) is 2.81. The number of hydrogen-bond acceptors (Lipinski definition) is 3. The fourth-order valence-electron chi connectivity index (χ4n) is 0.908. The minimum absolute atomic E-state index is 0.269. The zero-order valence-electron chi connectivity index (χ0n) is 9.17. The van der Waals surface area contributed by atoms with E-state index in [1.165, 1.54) is 6.20 Å². The van der Waals surface area contributed by atoms with Gasteiger partial charge in [-0.3, -0.25) is 5.32 Å². The van der Waals surface area contributed by atoms with Gasteiger partial charge in [0.1, 0.15) is 5.60 Å². The maximum Gasteiger partial charge on any atom is 0.413 e. The Hall–Kier alpha value is -0.810. The van der Waals surface area contributed by atoms with E-state index in [0.717, 1.165) is 0 Å². The van der Waals surface area contributed by atoms with Crippen molar-refractivity contribution >= 4 is 39.4 Å². The van der Waals surface area contributed by atoms with Crippen LogP contribution < -0.4 is 5.32 Å². The topological polar surface area (TPSA) is 51.2 Å². The predicted octanol–water partition coefficient (Wildman–Crippen LogP) is 3.84. The molecule has 16 heavy (non-hydrogen) atoms. The van der Waals surface area contributed by atoms with Crippen LogP contribution >= 0.6 is 27.5 Å². The van der Waals surface area contributed by atoms with Crippen LogP contribution in [0.1, 0.15) is 20.8 Å². The molecule has 0 aliphatic carbocycles. The third-order valence-electron chi connectivity index (χ3n) is 1.46. The fraction of sp³-hybridized carbons (Fsp3) is 0.400. The molecule has 88 valence electrons. The Morgan fingerprint density at radius 3 is 2.75 bits per heavy atom. The van der Waals surface area contributed by atoms with E-state index in [1.54, 1.807) is 26.8 Å². The number of anilines is 1. The van der Waals surface area contributed by atoms with Gasteiger partial charge in [-0.1, -0.05) is 11.6 Å². The fourth-order valence-corrected chi connectivity index (χ4v) is 1.37. The highest BCUT2D eigenvalue weighted by Crippen LogP contribution is 2.28. The number of rotatable bonds is 1. The molecule has 0 saturated carbocycles. The van der Waals surface area contributed by atoms with Crippen molar-refractivity contribution < 1.29 is 9.53 Å². The van der Waals surface area contributed by atoms with Gasteiger partial charge in [0.25, 0.3) is 0 Å². The lowest BCUT2D eigenvalue weighted by atomic mass is 10.2. The Balaban J connectivity index is 2.74. The van der Waals surface area contributed by atoms with Crippen molar-refractivity contribution in [1.29, 1.82) is 0 Å². The largest absolute Gasteiger partial charge is 0.444 e. The van der Waals surface area contributed by atoms with E-state index in [0.29, 0.717) is 9.50 Å². The van der Waals surface area contributed by atoms with E-state index in [9.17, 15) is 4.79 Å². The van der Waals surface area contributed by atoms with Crippen molar-refractivity contribution in [2.75, 3.05) is 5.32 Å². The van der Waals surface area contributed by atoms with Gasteiger partial charge in [-0.15, -0.1) is 0 Å². The van der Waals surface area contributed by atoms with Gasteiger partial charge in [0.15, 0.2) is 5.82 Å². The number of hydrogen-bond donors (Lipinski definition) is 1. The van der Waals surface area contributed by atoms with Crippen LogP contribution in [-0.4, -0.2) is 16.7 Å². The van der Waals surface area contributed by atoms with E-state index < -0.39 is 11.7 Å². The summed E-state index contributed by atoms with van der Waals surface area (Å²) in [6.45, 7) is 5.34. The summed E-state index contributed by atoms with van der Waals surface area (Å²) in [6, 6.07) is 1.68. The Morgan fingerprint density at radius 1 is 1.56 bits per heavy atom. The lowest BCUT2D eigenvalue weighted by Gasteiger charge is -2.19. The molecule has 0 aliphatic rings. The second-order valence-electron chi connectivity index (χ2n) is 4.08. The van der Waals surface area contributed by atoms with Crippen LogP contribution in [0.5, 0.6) is 0 Å². The molecule has 0 fully saturated rings. The van der Waals surface area contributed by atoms with E-state index in [4.69, 9.17) is 16.3 Å². The van der Waals surface area contributed by atoms with Gasteiger partial charge in [-0.25, -0.2) is 9.78 Å². The number of nitrogens with one attached hydrogen (secondary N) is 1. The summed E-state index contributed by atoms with van der Waals surface area (Å²) in [5.74, 6) is 0.269. The van der Waals surface area contributed by atoms with Crippen LogP contribution in [0.2, 0.25) is 5.02 Å². The van der Waals surface area contributed by atoms with E-state index in [2.05, 4.69) is 26.2 Å². The predicted molar refractivity (Wildman–Crippen MR) is 66.8 cm³/mol. The third kappa shape index (κ3) is 3.98. The Bertz CT molecular complexity index is 404. The average molecular weight is 308 g/mol. The average Bonchev–Trinajstić information content (AvgIpc) is 2.09. The van der Waals surface area contributed by atoms with Crippen molar-refractivity contribution in [3.8, 4) is 0 Å². The van der Waals surface area contributed by atoms with Crippen LogP contribution in [0, 0.1) is 0 Å². The number of ether oxygens (including phenoxy) is 1. The van der Waals surface area contributed by atoms with Crippen LogP contribution in [0.3, 0.4) is 0 Å². The number of halogens is 2. The number of nitrogens with zero attached hydrogens (tertiary/aromatic N) is 1. The first kappa shape index (κ1) is 13.3. The molecule has 0 radical (unpaired) electrons. The number of carbonyl (C=O) groups excluding carboxylic acids is 1. The number of amides is 1. The molecule has 0 saturated heterocycles. The number of carbonyl (C=O) groups is 1. The maximum atomic E-state index is 11.4. The SMILES string of the molecule is CC(C)(C)OC(=O)Nc1nccc(Br)c1Cl. The quantitative estimate of drug-likeness (QED) is 0.857. The molecule has 0 unspecified atom stereocenters. The zero-order chi connectivity index (χ0) is 12.3. The first-order valence-corrected chi connectivity index (χ1v) is 5.77. The summed E-state index contributed by atoms with van der Waals surface area (Å²) in [6.07, 6.45) is 0.947. The van der Waals surface area contributed by atoms with Gasteiger partial charge in [-0.2, -0.15) is 0 Å². The molecule has 0 aromatic carbocycles. The van der Waals surface area contributed by atoms with E-state index in [1.807, 2.05) is 0 Å². The Labute approximate surface area is 107 Å². The summed E-state index contributed by atoms with van der Waals surface area (Å²) >= 11 is 9.16. The number of aromatic nitrogens is 1. The molecule has 0 aliphatic heterocycles. The van der Waals surface area contributed by atoms with Gasteiger partial charge in [0.05, 0.1) is 5.02 Å². The molecule has 0 atom stereocenters. The summed E-state index contributed by atoms with van der Waals surface area (Å²) < 4.78 is 5.73. The Morgan fingerprint density at radius 2 is 2.19 bits per heavy atom. The van der Waals surface area contributed by atoms with Crippen LogP contribution in [0.15, 0.2) is 16.7 Å². The minimum Gasteiger partial charge on any atom is -0.444 e. The van der Waals surface area contributed by atoms with Gasteiger partial charge >= 0.3 is 6.09 Å². The molecule has 1 N–H and O–H groups in total. The van der Waals surface area contributed by atoms with Crippen molar-refractivity contribution in [3.05, 3.63) is 21.8 Å². The zero-order valence-corrected chi connectivity index (χ0v) is 11.5. The Kier molecular flexibility index (Phi) is 4.15. The normalized spacial score (nSPS) is 11.1. The highest BCUT2D eigenvalue weighted by Gasteiger charge is 2.17. The molecule has 0 bridgehead atoms. The summed E-state index contributed by atoms with van der Waals surface area (Å²) in [7, 11) is 0. The second kappa shape index (κ2) is 5.01. The van der Waals surface area contributed by atoms with Crippen LogP contribution in [0.4, 0.5) is 10.6 Å². The molecule has 1 aromatic rings. The second-order valence-corrected chi connectivity index (χ2v) is 5.31. The van der Waals surface area contributed by atoms with Crippen molar-refractivity contribution in [2.24, 2.45) is 0 Å². The molecule has 1 heterocycles. The van der Waals surface area contributed by atoms with Crippen molar-refractivity contribution in [3.63, 3.8) is 0 Å². The molecular weight excluding hydrogens is 295 g/mol. The summed E-state index contributed by atoms with van der Waals surface area (Å²) in [4.78, 5) is 15.4. The molecule has 0 spiro atoms. The lowest BCUT2D eigenvalue weighted by Crippen LogP contribution is -2.27. The molecule has 4 nitrogen and oxygen atoms in total. The van der Waals surface area contributed by atoms with Crippen LogP contribution in [0.25, 0.3) is 0 Å². The maximum absolute atomic E-state index is 11.4. The highest BCUT2D eigenvalue weighted by molar-refractivity contribution is 9.10. The van der Waals surface area contributed by atoms with Gasteiger partial charge in [-0.05, 0) is 42.8 Å². The standard InChI is InChI=1S/C10H12BrClN2O2/c1-10(2,3)16-9(15)14-8-7(12)6(11)4-5-13-8/h4-5H,1-3H3,(H,13,14,15). The molecular formula is C10H12BrClN2O2. The molecule has 1 rings (SSSR count). The first-order valence-electron chi connectivity index (χ1n) is 4.59. The molecule has 1 amide bonds. The van der Waals surface area contributed by atoms with Gasteiger partial charge in [0.2, 0.25) is 0 Å². The monoisotopic (exact) mass is 306 g/mol. The first-order chi connectivity index (χ1) is 7.29. The third-order valence-corrected chi connectivity index (χ3v) is 2.73. The van der Waals surface area contributed by atoms with E-state index >= 15 is 0 Å². The van der Waals surface area contributed by atoms with Crippen LogP contribution in [-0.2, 0) is 4.74 Å². The van der Waals surface area contributed by atoms with Gasteiger partial charge < -0.3 is 4.74 Å². The number of pyridine rings is 1. The molecule has 6 heteroatoms. The van der Waals surface area contributed by atoms with E-state index in [-0.39, 0.29) is 5.82 Å².